The van der Waals surface area contributed by atoms with Crippen LogP contribution in [0.15, 0.2) is 4.47 Å². The molecule has 2 rings (SSSR count). The number of rotatable bonds is 6. The first-order valence-corrected chi connectivity index (χ1v) is 8.84. The van der Waals surface area contributed by atoms with Crippen LogP contribution < -0.4 is 5.32 Å². The number of aryl methyl sites for hydroxylation is 2. The lowest BCUT2D eigenvalue weighted by Gasteiger charge is -2.31. The third-order valence-electron chi connectivity index (χ3n) is 4.55. The summed E-state index contributed by atoms with van der Waals surface area (Å²) in [6, 6.07) is 0.598. The first-order chi connectivity index (χ1) is 9.63. The van der Waals surface area contributed by atoms with Gasteiger partial charge in [-0.2, -0.15) is 5.10 Å². The van der Waals surface area contributed by atoms with Gasteiger partial charge < -0.3 is 5.32 Å². The van der Waals surface area contributed by atoms with Crippen LogP contribution in [0.3, 0.4) is 0 Å². The zero-order valence-electron chi connectivity index (χ0n) is 13.1. The SMILES string of the molecule is CCCNC(Cc1c(Br)c(C)nn1C)C1CCCCC1. The van der Waals surface area contributed by atoms with Gasteiger partial charge in [-0.3, -0.25) is 4.68 Å². The molecule has 3 nitrogen and oxygen atoms in total. The van der Waals surface area contributed by atoms with E-state index in [-0.39, 0.29) is 0 Å². The number of hydrogen-bond acceptors (Lipinski definition) is 2. The smallest absolute Gasteiger partial charge is 0.0738 e. The van der Waals surface area contributed by atoms with E-state index in [0.717, 1.165) is 24.6 Å². The summed E-state index contributed by atoms with van der Waals surface area (Å²) < 4.78 is 3.24. The monoisotopic (exact) mass is 341 g/mol. The van der Waals surface area contributed by atoms with Crippen molar-refractivity contribution in [3.63, 3.8) is 0 Å². The Morgan fingerprint density at radius 2 is 2.05 bits per heavy atom. The Bertz CT molecular complexity index is 422. The predicted octanol–water partition coefficient (Wildman–Crippen LogP) is 3.98. The summed E-state index contributed by atoms with van der Waals surface area (Å²) in [7, 11) is 2.06. The molecule has 0 amide bonds. The standard InChI is InChI=1S/C16H28BrN3/c1-4-10-18-14(13-8-6-5-7-9-13)11-15-16(17)12(2)19-20(15)3/h13-14,18H,4-11H2,1-3H3. The van der Waals surface area contributed by atoms with Gasteiger partial charge in [-0.05, 0) is 54.6 Å². The lowest BCUT2D eigenvalue weighted by atomic mass is 9.82. The summed E-state index contributed by atoms with van der Waals surface area (Å²) in [5, 5.41) is 8.32. The van der Waals surface area contributed by atoms with Crippen molar-refractivity contribution in [1.82, 2.24) is 15.1 Å². The Labute approximate surface area is 131 Å². The zero-order valence-corrected chi connectivity index (χ0v) is 14.7. The molecule has 0 saturated heterocycles. The molecule has 1 atom stereocenters. The minimum atomic E-state index is 0.598. The van der Waals surface area contributed by atoms with Gasteiger partial charge >= 0.3 is 0 Å². The lowest BCUT2D eigenvalue weighted by molar-refractivity contribution is 0.264. The molecule has 1 aliphatic rings. The van der Waals surface area contributed by atoms with Gasteiger partial charge in [-0.15, -0.1) is 0 Å². The second kappa shape index (κ2) is 7.60. The van der Waals surface area contributed by atoms with E-state index in [9.17, 15) is 0 Å². The van der Waals surface area contributed by atoms with Crippen LogP contribution in [0.2, 0.25) is 0 Å². The van der Waals surface area contributed by atoms with Crippen LogP contribution in [0, 0.1) is 12.8 Å². The van der Waals surface area contributed by atoms with Gasteiger partial charge in [-0.25, -0.2) is 0 Å². The number of nitrogens with zero attached hydrogens (tertiary/aromatic N) is 2. The number of nitrogens with one attached hydrogen (secondary N) is 1. The second-order valence-corrected chi connectivity index (χ2v) is 6.93. The van der Waals surface area contributed by atoms with Crippen LogP contribution >= 0.6 is 15.9 Å². The van der Waals surface area contributed by atoms with Crippen LogP contribution in [0.1, 0.15) is 56.8 Å². The largest absolute Gasteiger partial charge is 0.313 e. The Hall–Kier alpha value is -0.350. The summed E-state index contributed by atoms with van der Waals surface area (Å²) in [5.74, 6) is 0.831. The highest BCUT2D eigenvalue weighted by molar-refractivity contribution is 9.10. The van der Waals surface area contributed by atoms with Crippen molar-refractivity contribution in [2.24, 2.45) is 13.0 Å². The molecule has 1 unspecified atom stereocenters. The molecule has 1 fully saturated rings. The summed E-state index contributed by atoms with van der Waals surface area (Å²) >= 11 is 3.71. The summed E-state index contributed by atoms with van der Waals surface area (Å²) in [4.78, 5) is 0. The van der Waals surface area contributed by atoms with Crippen LogP contribution in [0.25, 0.3) is 0 Å². The predicted molar refractivity (Wildman–Crippen MR) is 88.0 cm³/mol. The minimum absolute atomic E-state index is 0.598. The average Bonchev–Trinajstić information content (AvgIpc) is 2.70. The Morgan fingerprint density at radius 3 is 2.60 bits per heavy atom. The Balaban J connectivity index is 2.09. The molecule has 0 bridgehead atoms. The average molecular weight is 342 g/mol. The minimum Gasteiger partial charge on any atom is -0.313 e. The summed E-state index contributed by atoms with van der Waals surface area (Å²) in [6.45, 7) is 5.44. The van der Waals surface area contributed by atoms with Crippen LogP contribution in [0.4, 0.5) is 0 Å². The summed E-state index contributed by atoms with van der Waals surface area (Å²) in [6.07, 6.45) is 9.29. The molecular weight excluding hydrogens is 314 g/mol. The van der Waals surface area contributed by atoms with Gasteiger partial charge in [0.1, 0.15) is 0 Å². The second-order valence-electron chi connectivity index (χ2n) is 6.13. The number of hydrogen-bond donors (Lipinski definition) is 1. The molecule has 0 radical (unpaired) electrons. The maximum atomic E-state index is 4.53. The van der Waals surface area contributed by atoms with E-state index in [0.29, 0.717) is 6.04 Å². The van der Waals surface area contributed by atoms with Crippen LogP contribution in [-0.2, 0) is 13.5 Å². The van der Waals surface area contributed by atoms with E-state index in [1.54, 1.807) is 0 Å². The Kier molecular flexibility index (Phi) is 6.09. The molecule has 114 valence electrons. The van der Waals surface area contributed by atoms with E-state index in [1.807, 2.05) is 4.68 Å². The third kappa shape index (κ3) is 3.85. The number of halogens is 1. The number of aromatic nitrogens is 2. The molecule has 1 saturated carbocycles. The lowest BCUT2D eigenvalue weighted by Crippen LogP contribution is -2.40. The molecule has 0 spiro atoms. The van der Waals surface area contributed by atoms with Crippen molar-refractivity contribution >= 4 is 15.9 Å². The van der Waals surface area contributed by atoms with Gasteiger partial charge in [-0.1, -0.05) is 26.2 Å². The fourth-order valence-electron chi connectivity index (χ4n) is 3.38. The molecule has 1 heterocycles. The molecule has 20 heavy (non-hydrogen) atoms. The van der Waals surface area contributed by atoms with E-state index in [1.165, 1.54) is 48.7 Å². The van der Waals surface area contributed by atoms with Crippen LogP contribution in [-0.4, -0.2) is 22.4 Å². The molecule has 1 aromatic rings. The maximum Gasteiger partial charge on any atom is 0.0738 e. The van der Waals surface area contributed by atoms with Gasteiger partial charge in [0, 0.05) is 19.5 Å². The Morgan fingerprint density at radius 1 is 1.35 bits per heavy atom. The molecule has 1 aliphatic carbocycles. The van der Waals surface area contributed by atoms with E-state index in [2.05, 4.69) is 47.2 Å². The van der Waals surface area contributed by atoms with Crippen LogP contribution in [0.5, 0.6) is 0 Å². The topological polar surface area (TPSA) is 29.9 Å². The zero-order chi connectivity index (χ0) is 14.5. The fourth-order valence-corrected chi connectivity index (χ4v) is 3.88. The molecular formula is C16H28BrN3. The van der Waals surface area contributed by atoms with Crippen molar-refractivity contribution in [3.05, 3.63) is 15.9 Å². The third-order valence-corrected chi connectivity index (χ3v) is 5.58. The first kappa shape index (κ1) is 16.0. The molecule has 1 N–H and O–H groups in total. The van der Waals surface area contributed by atoms with Gasteiger partial charge in [0.15, 0.2) is 0 Å². The van der Waals surface area contributed by atoms with E-state index >= 15 is 0 Å². The van der Waals surface area contributed by atoms with Gasteiger partial charge in [0.25, 0.3) is 0 Å². The highest BCUT2D eigenvalue weighted by Crippen LogP contribution is 2.30. The summed E-state index contributed by atoms with van der Waals surface area (Å²) in [5.41, 5.74) is 2.43. The van der Waals surface area contributed by atoms with Crippen molar-refractivity contribution in [2.45, 2.75) is 64.8 Å². The van der Waals surface area contributed by atoms with Gasteiger partial charge in [0.2, 0.25) is 0 Å². The van der Waals surface area contributed by atoms with E-state index < -0.39 is 0 Å². The highest BCUT2D eigenvalue weighted by Gasteiger charge is 2.25. The van der Waals surface area contributed by atoms with Gasteiger partial charge in [0.05, 0.1) is 15.9 Å². The van der Waals surface area contributed by atoms with Crippen molar-refractivity contribution < 1.29 is 0 Å². The fraction of sp³-hybridized carbons (Fsp3) is 0.812. The molecule has 0 aliphatic heterocycles. The van der Waals surface area contributed by atoms with Crippen molar-refractivity contribution in [3.8, 4) is 0 Å². The quantitative estimate of drug-likeness (QED) is 0.847. The highest BCUT2D eigenvalue weighted by atomic mass is 79.9. The first-order valence-electron chi connectivity index (χ1n) is 8.04. The molecule has 4 heteroatoms. The molecule has 1 aromatic heterocycles. The maximum absolute atomic E-state index is 4.53. The molecule has 0 aromatic carbocycles. The van der Waals surface area contributed by atoms with Crippen molar-refractivity contribution in [2.75, 3.05) is 6.54 Å². The van der Waals surface area contributed by atoms with E-state index in [4.69, 9.17) is 0 Å². The normalized spacial score (nSPS) is 18.4. The van der Waals surface area contributed by atoms with Crippen molar-refractivity contribution in [1.29, 1.82) is 0 Å².